The molecule has 0 saturated heterocycles. The molecule has 0 aliphatic carbocycles. The number of carbonyl (C=O) groups excluding carboxylic acids is 1. The number of ether oxygens (including phenoxy) is 1. The average molecular weight is 292 g/mol. The second kappa shape index (κ2) is 6.56. The molecular weight excluding hydrogens is 276 g/mol. The average Bonchev–Trinajstić information content (AvgIpc) is 2.94. The molecule has 1 heterocycles. The second-order valence-electron chi connectivity index (χ2n) is 4.50. The Hall–Kier alpha value is -1.82. The Labute approximate surface area is 121 Å². The van der Waals surface area contributed by atoms with Gasteiger partial charge in [-0.25, -0.2) is 0 Å². The van der Waals surface area contributed by atoms with Gasteiger partial charge in [0.05, 0.1) is 12.9 Å². The number of nitrogens with zero attached hydrogens (tertiary/aromatic N) is 2. The van der Waals surface area contributed by atoms with Crippen LogP contribution in [0, 0.1) is 0 Å². The molecule has 0 atom stereocenters. The van der Waals surface area contributed by atoms with Crippen molar-refractivity contribution in [3.63, 3.8) is 0 Å². The smallest absolute Gasteiger partial charge is 0.277 e. The molecule has 106 valence electrons. The largest absolute Gasteiger partial charge is 0.497 e. The zero-order chi connectivity index (χ0) is 14.5. The maximum atomic E-state index is 12.0. The van der Waals surface area contributed by atoms with Crippen molar-refractivity contribution < 1.29 is 13.9 Å². The molecule has 5 nitrogen and oxygen atoms in total. The molecule has 0 N–H and O–H groups in total. The summed E-state index contributed by atoms with van der Waals surface area (Å²) >= 11 is 1.25. The van der Waals surface area contributed by atoms with Gasteiger partial charge < -0.3 is 9.15 Å². The van der Waals surface area contributed by atoms with E-state index in [4.69, 9.17) is 9.15 Å². The number of aromatic nitrogens is 2. The van der Waals surface area contributed by atoms with Crippen molar-refractivity contribution in [2.75, 3.05) is 12.9 Å². The van der Waals surface area contributed by atoms with E-state index in [2.05, 4.69) is 10.2 Å². The molecule has 2 rings (SSSR count). The van der Waals surface area contributed by atoms with Crippen molar-refractivity contribution in [2.24, 2.45) is 0 Å². The molecule has 0 amide bonds. The molecule has 0 spiro atoms. The summed E-state index contributed by atoms with van der Waals surface area (Å²) in [6.45, 7) is 3.95. The van der Waals surface area contributed by atoms with E-state index in [-0.39, 0.29) is 17.5 Å². The van der Waals surface area contributed by atoms with Gasteiger partial charge in [-0.2, -0.15) is 0 Å². The van der Waals surface area contributed by atoms with Crippen LogP contribution in [-0.4, -0.2) is 28.8 Å². The first-order chi connectivity index (χ1) is 9.60. The minimum Gasteiger partial charge on any atom is -0.497 e. The predicted molar refractivity (Wildman–Crippen MR) is 76.4 cm³/mol. The highest BCUT2D eigenvalue weighted by atomic mass is 32.2. The molecule has 0 fully saturated rings. The minimum atomic E-state index is 0.0157. The number of ketones is 1. The molecule has 0 aliphatic heterocycles. The van der Waals surface area contributed by atoms with Gasteiger partial charge in [-0.15, -0.1) is 10.2 Å². The summed E-state index contributed by atoms with van der Waals surface area (Å²) in [5.41, 5.74) is 0.641. The van der Waals surface area contributed by atoms with Gasteiger partial charge >= 0.3 is 0 Å². The Morgan fingerprint density at radius 3 is 2.55 bits per heavy atom. The zero-order valence-electron chi connectivity index (χ0n) is 11.6. The summed E-state index contributed by atoms with van der Waals surface area (Å²) in [4.78, 5) is 12.0. The zero-order valence-corrected chi connectivity index (χ0v) is 12.4. The summed E-state index contributed by atoms with van der Waals surface area (Å²) < 4.78 is 10.5. The highest BCUT2D eigenvalue weighted by molar-refractivity contribution is 7.99. The van der Waals surface area contributed by atoms with Crippen molar-refractivity contribution in [1.29, 1.82) is 0 Å². The molecule has 0 unspecified atom stereocenters. The monoisotopic (exact) mass is 292 g/mol. The summed E-state index contributed by atoms with van der Waals surface area (Å²) in [5.74, 6) is 1.79. The van der Waals surface area contributed by atoms with Crippen LogP contribution in [0.15, 0.2) is 33.9 Å². The Bertz CT molecular complexity index is 578. The van der Waals surface area contributed by atoms with Gasteiger partial charge in [-0.05, 0) is 24.3 Å². The second-order valence-corrected chi connectivity index (χ2v) is 5.43. The van der Waals surface area contributed by atoms with E-state index in [0.29, 0.717) is 16.7 Å². The summed E-state index contributed by atoms with van der Waals surface area (Å²) in [6.07, 6.45) is 0. The number of thioether (sulfide) groups is 1. The van der Waals surface area contributed by atoms with E-state index in [1.807, 2.05) is 13.8 Å². The van der Waals surface area contributed by atoms with Gasteiger partial charge in [0, 0.05) is 11.5 Å². The number of hydrogen-bond acceptors (Lipinski definition) is 6. The maximum Gasteiger partial charge on any atom is 0.277 e. The van der Waals surface area contributed by atoms with E-state index in [1.165, 1.54) is 11.8 Å². The SMILES string of the molecule is COc1ccc(C(=O)CSc2nnc(C(C)C)o2)cc1. The first-order valence-corrected chi connectivity index (χ1v) is 7.22. The Kier molecular flexibility index (Phi) is 4.79. The molecular formula is C14H16N2O3S. The third-order valence-corrected chi connectivity index (χ3v) is 3.47. The molecule has 2 aromatic rings. The Balaban J connectivity index is 1.93. The van der Waals surface area contributed by atoms with Crippen molar-refractivity contribution in [3.8, 4) is 5.75 Å². The van der Waals surface area contributed by atoms with Crippen LogP contribution in [0.5, 0.6) is 5.75 Å². The topological polar surface area (TPSA) is 65.2 Å². The summed E-state index contributed by atoms with van der Waals surface area (Å²) in [5, 5.41) is 8.25. The first-order valence-electron chi connectivity index (χ1n) is 6.23. The molecule has 0 radical (unpaired) electrons. The lowest BCUT2D eigenvalue weighted by Gasteiger charge is -2.01. The van der Waals surface area contributed by atoms with Crippen LogP contribution in [-0.2, 0) is 0 Å². The number of methoxy groups -OCH3 is 1. The summed E-state index contributed by atoms with van der Waals surface area (Å²) in [7, 11) is 1.59. The van der Waals surface area contributed by atoms with Gasteiger partial charge in [-0.3, -0.25) is 4.79 Å². The van der Waals surface area contributed by atoms with Crippen molar-refractivity contribution >= 4 is 17.5 Å². The number of benzene rings is 1. The van der Waals surface area contributed by atoms with E-state index in [0.717, 1.165) is 5.75 Å². The Morgan fingerprint density at radius 1 is 1.30 bits per heavy atom. The van der Waals surface area contributed by atoms with Crippen molar-refractivity contribution in [3.05, 3.63) is 35.7 Å². The van der Waals surface area contributed by atoms with E-state index in [1.54, 1.807) is 31.4 Å². The quantitative estimate of drug-likeness (QED) is 0.602. The molecule has 20 heavy (non-hydrogen) atoms. The van der Waals surface area contributed by atoms with Crippen LogP contribution in [0.3, 0.4) is 0 Å². The van der Waals surface area contributed by atoms with E-state index >= 15 is 0 Å². The number of rotatable bonds is 6. The van der Waals surface area contributed by atoms with Gasteiger partial charge in [0.25, 0.3) is 5.22 Å². The minimum absolute atomic E-state index is 0.0157. The molecule has 0 bridgehead atoms. The standard InChI is InChI=1S/C14H16N2O3S/c1-9(2)13-15-16-14(19-13)20-8-12(17)10-4-6-11(18-3)7-5-10/h4-7,9H,8H2,1-3H3. The van der Waals surface area contributed by atoms with Gasteiger partial charge in [-0.1, -0.05) is 25.6 Å². The van der Waals surface area contributed by atoms with Crippen LogP contribution in [0.25, 0.3) is 0 Å². The fourth-order valence-corrected chi connectivity index (χ4v) is 2.16. The lowest BCUT2D eigenvalue weighted by atomic mass is 10.1. The van der Waals surface area contributed by atoms with Crippen LogP contribution in [0.2, 0.25) is 0 Å². The van der Waals surface area contributed by atoms with Gasteiger partial charge in [0.2, 0.25) is 5.89 Å². The lowest BCUT2D eigenvalue weighted by Crippen LogP contribution is -2.02. The first kappa shape index (κ1) is 14.6. The number of carbonyl (C=O) groups is 1. The van der Waals surface area contributed by atoms with Crippen LogP contribution >= 0.6 is 11.8 Å². The molecule has 0 aliphatic rings. The maximum absolute atomic E-state index is 12.0. The third kappa shape index (κ3) is 3.60. The van der Waals surface area contributed by atoms with Crippen molar-refractivity contribution in [1.82, 2.24) is 10.2 Å². The predicted octanol–water partition coefficient (Wildman–Crippen LogP) is 3.18. The van der Waals surface area contributed by atoms with Gasteiger partial charge in [0.1, 0.15) is 5.75 Å². The molecule has 0 saturated carbocycles. The lowest BCUT2D eigenvalue weighted by molar-refractivity contribution is 0.102. The summed E-state index contributed by atoms with van der Waals surface area (Å²) in [6, 6.07) is 7.02. The number of hydrogen-bond donors (Lipinski definition) is 0. The van der Waals surface area contributed by atoms with E-state index in [9.17, 15) is 4.79 Å². The Morgan fingerprint density at radius 2 is 2.00 bits per heavy atom. The van der Waals surface area contributed by atoms with Crippen molar-refractivity contribution in [2.45, 2.75) is 25.0 Å². The fourth-order valence-electron chi connectivity index (χ4n) is 1.50. The fraction of sp³-hybridized carbons (Fsp3) is 0.357. The van der Waals surface area contributed by atoms with Crippen LogP contribution in [0.1, 0.15) is 36.0 Å². The normalized spacial score (nSPS) is 10.8. The third-order valence-electron chi connectivity index (χ3n) is 2.65. The highest BCUT2D eigenvalue weighted by Gasteiger charge is 2.13. The van der Waals surface area contributed by atoms with E-state index < -0.39 is 0 Å². The van der Waals surface area contributed by atoms with Gasteiger partial charge in [0.15, 0.2) is 5.78 Å². The van der Waals surface area contributed by atoms with Crippen LogP contribution < -0.4 is 4.74 Å². The number of Topliss-reactive ketones (excluding diaryl/α,β-unsaturated/α-hetero) is 1. The molecule has 1 aromatic heterocycles. The molecule has 6 heteroatoms. The molecule has 1 aromatic carbocycles. The van der Waals surface area contributed by atoms with Crippen LogP contribution in [0.4, 0.5) is 0 Å². The highest BCUT2D eigenvalue weighted by Crippen LogP contribution is 2.21.